The Bertz CT molecular complexity index is 354. The molecule has 0 saturated heterocycles. The predicted octanol–water partition coefficient (Wildman–Crippen LogP) is 3.47. The van der Waals surface area contributed by atoms with Crippen molar-refractivity contribution in [3.05, 3.63) is 28.8 Å². The van der Waals surface area contributed by atoms with Crippen molar-refractivity contribution in [2.45, 2.75) is 33.6 Å². The zero-order valence-electron chi connectivity index (χ0n) is 9.52. The fourth-order valence-corrected chi connectivity index (χ4v) is 2.20. The van der Waals surface area contributed by atoms with Gasteiger partial charge in [-0.25, -0.2) is 0 Å². The summed E-state index contributed by atoms with van der Waals surface area (Å²) >= 11 is 0. The summed E-state index contributed by atoms with van der Waals surface area (Å²) in [5.41, 5.74) is 5.68. The summed E-state index contributed by atoms with van der Waals surface area (Å²) in [6.45, 7) is 10.2. The lowest BCUT2D eigenvalue weighted by molar-refractivity contribution is 0.497. The van der Waals surface area contributed by atoms with Crippen molar-refractivity contribution >= 4 is 5.69 Å². The standard InChI is InChI=1S/C13H19N/c1-8-5-6-12-10(3)9(2)7-14-13(12)11(8)4/h5-6,9-10,14H,7H2,1-4H3. The number of hydrogen-bond donors (Lipinski definition) is 1. The number of hydrogen-bond acceptors (Lipinski definition) is 1. The van der Waals surface area contributed by atoms with E-state index in [9.17, 15) is 0 Å². The minimum atomic E-state index is 0.686. The first-order chi connectivity index (χ1) is 6.61. The summed E-state index contributed by atoms with van der Waals surface area (Å²) in [5, 5.41) is 3.55. The number of fused-ring (bicyclic) bond motifs is 1. The molecule has 2 rings (SSSR count). The first-order valence-electron chi connectivity index (χ1n) is 5.45. The maximum absolute atomic E-state index is 3.55. The molecule has 2 unspecified atom stereocenters. The van der Waals surface area contributed by atoms with E-state index in [1.807, 2.05) is 0 Å². The summed E-state index contributed by atoms with van der Waals surface area (Å²) in [7, 11) is 0. The van der Waals surface area contributed by atoms with Crippen LogP contribution in [-0.2, 0) is 0 Å². The summed E-state index contributed by atoms with van der Waals surface area (Å²) in [5.74, 6) is 1.43. The third-order valence-electron chi connectivity index (χ3n) is 3.71. The molecule has 1 N–H and O–H groups in total. The fourth-order valence-electron chi connectivity index (χ4n) is 2.20. The average Bonchev–Trinajstić information content (AvgIpc) is 2.17. The largest absolute Gasteiger partial charge is 0.384 e. The summed E-state index contributed by atoms with van der Waals surface area (Å²) in [6, 6.07) is 4.52. The number of rotatable bonds is 0. The number of benzene rings is 1. The summed E-state index contributed by atoms with van der Waals surface area (Å²) < 4.78 is 0. The molecule has 1 heterocycles. The molecule has 14 heavy (non-hydrogen) atoms. The number of nitrogens with one attached hydrogen (secondary N) is 1. The Morgan fingerprint density at radius 3 is 2.64 bits per heavy atom. The van der Waals surface area contributed by atoms with Crippen molar-refractivity contribution in [1.29, 1.82) is 0 Å². The van der Waals surface area contributed by atoms with Gasteiger partial charge in [-0.05, 0) is 42.4 Å². The summed E-state index contributed by atoms with van der Waals surface area (Å²) in [4.78, 5) is 0. The molecule has 0 bridgehead atoms. The van der Waals surface area contributed by atoms with E-state index < -0.39 is 0 Å². The maximum Gasteiger partial charge on any atom is 0.0408 e. The van der Waals surface area contributed by atoms with Crippen LogP contribution in [0.1, 0.15) is 36.5 Å². The molecule has 1 aromatic rings. The molecule has 1 aliphatic rings. The van der Waals surface area contributed by atoms with Crippen LogP contribution in [0.4, 0.5) is 5.69 Å². The highest BCUT2D eigenvalue weighted by molar-refractivity contribution is 5.62. The van der Waals surface area contributed by atoms with Crippen molar-refractivity contribution in [3.8, 4) is 0 Å². The third kappa shape index (κ3) is 1.31. The second-order valence-corrected chi connectivity index (χ2v) is 4.62. The second-order valence-electron chi connectivity index (χ2n) is 4.62. The highest BCUT2D eigenvalue weighted by Crippen LogP contribution is 2.37. The van der Waals surface area contributed by atoms with Crippen LogP contribution in [0.2, 0.25) is 0 Å². The Morgan fingerprint density at radius 1 is 1.21 bits per heavy atom. The molecule has 1 heteroatoms. The SMILES string of the molecule is Cc1ccc2c(c1C)NCC(C)C2C. The summed E-state index contributed by atoms with van der Waals surface area (Å²) in [6.07, 6.45) is 0. The van der Waals surface area contributed by atoms with E-state index in [-0.39, 0.29) is 0 Å². The fraction of sp³-hybridized carbons (Fsp3) is 0.538. The van der Waals surface area contributed by atoms with Crippen molar-refractivity contribution in [3.63, 3.8) is 0 Å². The Kier molecular flexibility index (Phi) is 2.26. The van der Waals surface area contributed by atoms with Crippen LogP contribution in [0.25, 0.3) is 0 Å². The zero-order valence-corrected chi connectivity index (χ0v) is 9.52. The number of aryl methyl sites for hydroxylation is 1. The molecule has 0 spiro atoms. The molecular formula is C13H19N. The van der Waals surface area contributed by atoms with Gasteiger partial charge in [0.15, 0.2) is 0 Å². The lowest BCUT2D eigenvalue weighted by Crippen LogP contribution is -2.24. The number of anilines is 1. The molecule has 0 amide bonds. The normalized spacial score (nSPS) is 25.4. The van der Waals surface area contributed by atoms with Gasteiger partial charge in [-0.15, -0.1) is 0 Å². The predicted molar refractivity (Wildman–Crippen MR) is 62.0 cm³/mol. The van der Waals surface area contributed by atoms with Gasteiger partial charge in [-0.1, -0.05) is 26.0 Å². The van der Waals surface area contributed by atoms with Gasteiger partial charge in [-0.3, -0.25) is 0 Å². The van der Waals surface area contributed by atoms with Gasteiger partial charge in [0.2, 0.25) is 0 Å². The minimum Gasteiger partial charge on any atom is -0.384 e. The monoisotopic (exact) mass is 189 g/mol. The highest BCUT2D eigenvalue weighted by atomic mass is 14.9. The molecule has 0 aliphatic carbocycles. The Morgan fingerprint density at radius 2 is 1.93 bits per heavy atom. The van der Waals surface area contributed by atoms with E-state index >= 15 is 0 Å². The van der Waals surface area contributed by atoms with E-state index in [0.29, 0.717) is 5.92 Å². The van der Waals surface area contributed by atoms with Crippen LogP contribution in [0.5, 0.6) is 0 Å². The Hall–Kier alpha value is -0.980. The molecule has 76 valence electrons. The van der Waals surface area contributed by atoms with Gasteiger partial charge in [0.25, 0.3) is 0 Å². The molecule has 0 aromatic heterocycles. The first kappa shape index (κ1) is 9.57. The molecule has 1 aromatic carbocycles. The van der Waals surface area contributed by atoms with E-state index in [4.69, 9.17) is 0 Å². The van der Waals surface area contributed by atoms with Gasteiger partial charge in [-0.2, -0.15) is 0 Å². The van der Waals surface area contributed by atoms with Crippen LogP contribution < -0.4 is 5.32 Å². The molecule has 2 atom stereocenters. The van der Waals surface area contributed by atoms with E-state index in [1.54, 1.807) is 0 Å². The van der Waals surface area contributed by atoms with Gasteiger partial charge >= 0.3 is 0 Å². The average molecular weight is 189 g/mol. The minimum absolute atomic E-state index is 0.686. The van der Waals surface area contributed by atoms with Crippen LogP contribution >= 0.6 is 0 Å². The van der Waals surface area contributed by atoms with Crippen LogP contribution in [0.15, 0.2) is 12.1 Å². The quantitative estimate of drug-likeness (QED) is 0.659. The maximum atomic E-state index is 3.55. The van der Waals surface area contributed by atoms with Gasteiger partial charge in [0.05, 0.1) is 0 Å². The van der Waals surface area contributed by atoms with Crippen LogP contribution in [0.3, 0.4) is 0 Å². The molecule has 0 saturated carbocycles. The van der Waals surface area contributed by atoms with Crippen LogP contribution in [-0.4, -0.2) is 6.54 Å². The van der Waals surface area contributed by atoms with E-state index in [0.717, 1.165) is 12.5 Å². The van der Waals surface area contributed by atoms with E-state index in [1.165, 1.54) is 22.4 Å². The van der Waals surface area contributed by atoms with Crippen molar-refractivity contribution in [2.75, 3.05) is 11.9 Å². The zero-order chi connectivity index (χ0) is 10.3. The molecule has 0 fully saturated rings. The smallest absolute Gasteiger partial charge is 0.0408 e. The topological polar surface area (TPSA) is 12.0 Å². The molecule has 0 radical (unpaired) electrons. The molecular weight excluding hydrogens is 170 g/mol. The van der Waals surface area contributed by atoms with Crippen LogP contribution in [0, 0.1) is 19.8 Å². The second kappa shape index (κ2) is 3.30. The van der Waals surface area contributed by atoms with E-state index in [2.05, 4.69) is 45.1 Å². The lowest BCUT2D eigenvalue weighted by Gasteiger charge is -2.31. The Labute approximate surface area is 86.5 Å². The van der Waals surface area contributed by atoms with Crippen molar-refractivity contribution in [1.82, 2.24) is 0 Å². The first-order valence-corrected chi connectivity index (χ1v) is 5.45. The highest BCUT2D eigenvalue weighted by Gasteiger charge is 2.23. The lowest BCUT2D eigenvalue weighted by atomic mass is 9.83. The van der Waals surface area contributed by atoms with Crippen molar-refractivity contribution in [2.24, 2.45) is 5.92 Å². The molecule has 1 aliphatic heterocycles. The van der Waals surface area contributed by atoms with Gasteiger partial charge < -0.3 is 5.32 Å². The van der Waals surface area contributed by atoms with Gasteiger partial charge in [0.1, 0.15) is 0 Å². The van der Waals surface area contributed by atoms with Gasteiger partial charge in [0, 0.05) is 12.2 Å². The third-order valence-corrected chi connectivity index (χ3v) is 3.71. The molecule has 1 nitrogen and oxygen atoms in total. The Balaban J connectivity index is 2.53. The van der Waals surface area contributed by atoms with Crippen molar-refractivity contribution < 1.29 is 0 Å².